The van der Waals surface area contributed by atoms with Gasteiger partial charge in [0.05, 0.1) is 17.3 Å². The van der Waals surface area contributed by atoms with Crippen LogP contribution in [-0.2, 0) is 16.4 Å². The molecule has 0 bridgehead atoms. The van der Waals surface area contributed by atoms with E-state index in [0.717, 1.165) is 25.2 Å². The van der Waals surface area contributed by atoms with Crippen LogP contribution in [0.2, 0.25) is 0 Å². The lowest BCUT2D eigenvalue weighted by atomic mass is 10.1. The Morgan fingerprint density at radius 3 is 3.10 bits per heavy atom. The lowest BCUT2D eigenvalue weighted by Gasteiger charge is -2.10. The number of aryl methyl sites for hydroxylation is 1. The molecule has 2 aromatic rings. The van der Waals surface area contributed by atoms with Crippen molar-refractivity contribution in [3.05, 3.63) is 18.0 Å². The van der Waals surface area contributed by atoms with Crippen molar-refractivity contribution in [3.63, 3.8) is 0 Å². The summed E-state index contributed by atoms with van der Waals surface area (Å²) < 4.78 is 32.4. The Morgan fingerprint density at radius 2 is 2.38 bits per heavy atom. The summed E-state index contributed by atoms with van der Waals surface area (Å²) in [5, 5.41) is 7.76. The van der Waals surface area contributed by atoms with Gasteiger partial charge in [0.15, 0.2) is 0 Å². The average Bonchev–Trinajstić information content (AvgIpc) is 3.13. The van der Waals surface area contributed by atoms with Gasteiger partial charge in [-0.1, -0.05) is 12.1 Å². The van der Waals surface area contributed by atoms with Crippen molar-refractivity contribution in [3.8, 4) is 0 Å². The fourth-order valence-electron chi connectivity index (χ4n) is 2.46. The Balaban J connectivity index is 1.83. The minimum Gasteiger partial charge on any atom is -0.336 e. The molecule has 0 radical (unpaired) electrons. The van der Waals surface area contributed by atoms with Crippen molar-refractivity contribution in [2.24, 2.45) is 5.92 Å². The molecule has 2 aromatic heterocycles. The number of fused-ring (bicyclic) bond motifs is 1. The van der Waals surface area contributed by atoms with Crippen molar-refractivity contribution in [2.75, 3.05) is 19.6 Å². The maximum Gasteiger partial charge on any atom is 0.258 e. The number of pyridine rings is 1. The number of nitrogens with one attached hydrogen (secondary N) is 2. The van der Waals surface area contributed by atoms with E-state index in [-0.39, 0.29) is 4.90 Å². The van der Waals surface area contributed by atoms with Crippen LogP contribution in [0.1, 0.15) is 19.0 Å². The highest BCUT2D eigenvalue weighted by Crippen LogP contribution is 2.20. The van der Waals surface area contributed by atoms with E-state index in [0.29, 0.717) is 30.0 Å². The predicted molar refractivity (Wildman–Crippen MR) is 77.3 cm³/mol. The van der Waals surface area contributed by atoms with E-state index < -0.39 is 10.0 Å². The fraction of sp³-hybridized carbons (Fsp3) is 0.538. The Hall–Kier alpha value is -1.51. The molecule has 3 rings (SSSR count). The molecule has 0 spiro atoms. The molecule has 0 aliphatic carbocycles. The van der Waals surface area contributed by atoms with E-state index >= 15 is 0 Å². The van der Waals surface area contributed by atoms with E-state index in [2.05, 4.69) is 20.2 Å². The second-order valence-corrected chi connectivity index (χ2v) is 6.98. The highest BCUT2D eigenvalue weighted by Gasteiger charge is 2.21. The zero-order valence-corrected chi connectivity index (χ0v) is 12.6. The first-order valence-electron chi connectivity index (χ1n) is 7.05. The third-order valence-electron chi connectivity index (χ3n) is 3.75. The Kier molecular flexibility index (Phi) is 3.92. The zero-order chi connectivity index (χ0) is 14.9. The van der Waals surface area contributed by atoms with Gasteiger partial charge in [0.25, 0.3) is 5.71 Å². The summed E-state index contributed by atoms with van der Waals surface area (Å²) in [5.74, 6) is 0.346. The summed E-state index contributed by atoms with van der Waals surface area (Å²) in [7, 11) is -3.55. The maximum atomic E-state index is 12.3. The summed E-state index contributed by atoms with van der Waals surface area (Å²) in [6, 6.07) is 1.58. The van der Waals surface area contributed by atoms with Gasteiger partial charge in [0.1, 0.15) is 4.90 Å². The van der Waals surface area contributed by atoms with Gasteiger partial charge in [-0.3, -0.25) is 0 Å². The Labute approximate surface area is 123 Å². The summed E-state index contributed by atoms with van der Waals surface area (Å²) in [4.78, 5) is 4.19. The molecule has 1 atom stereocenters. The van der Waals surface area contributed by atoms with E-state index in [1.54, 1.807) is 6.07 Å². The van der Waals surface area contributed by atoms with Gasteiger partial charge in [-0.2, -0.15) is 0 Å². The molecule has 0 saturated carbocycles. The van der Waals surface area contributed by atoms with Gasteiger partial charge in [0, 0.05) is 6.54 Å². The van der Waals surface area contributed by atoms with Crippen molar-refractivity contribution in [2.45, 2.75) is 24.7 Å². The molecule has 1 unspecified atom stereocenters. The summed E-state index contributed by atoms with van der Waals surface area (Å²) in [6.45, 7) is 4.17. The molecule has 1 fully saturated rings. The van der Waals surface area contributed by atoms with Crippen LogP contribution in [0.5, 0.6) is 0 Å². The van der Waals surface area contributed by atoms with Gasteiger partial charge in [-0.25, -0.2) is 18.1 Å². The first kappa shape index (κ1) is 14.4. The number of aromatic nitrogens is 2. The summed E-state index contributed by atoms with van der Waals surface area (Å²) in [5.41, 5.74) is 1.08. The quantitative estimate of drug-likeness (QED) is 0.842. The standard InChI is InChI=1S/C13H18N4O3S/c1-2-12-11-5-10(8-15-13(11)20-17-12)21(18,19)16-7-9-3-4-14-6-9/h5,8-9,14,16H,2-4,6-7H2,1H3. The summed E-state index contributed by atoms with van der Waals surface area (Å²) >= 11 is 0. The normalized spacial score (nSPS) is 19.4. The molecule has 2 N–H and O–H groups in total. The minimum atomic E-state index is -3.55. The molecule has 21 heavy (non-hydrogen) atoms. The molecule has 0 amide bonds. The minimum absolute atomic E-state index is 0.152. The highest BCUT2D eigenvalue weighted by atomic mass is 32.2. The first-order valence-corrected chi connectivity index (χ1v) is 8.53. The number of nitrogens with zero attached hydrogens (tertiary/aromatic N) is 2. The number of hydrogen-bond donors (Lipinski definition) is 2. The highest BCUT2D eigenvalue weighted by molar-refractivity contribution is 7.89. The van der Waals surface area contributed by atoms with Crippen LogP contribution >= 0.6 is 0 Å². The van der Waals surface area contributed by atoms with Crippen LogP contribution in [0.3, 0.4) is 0 Å². The van der Waals surface area contributed by atoms with Crippen LogP contribution in [0, 0.1) is 5.92 Å². The first-order chi connectivity index (χ1) is 10.1. The molecular weight excluding hydrogens is 292 g/mol. The number of rotatable bonds is 5. The number of sulfonamides is 1. The molecule has 3 heterocycles. The molecule has 114 valence electrons. The second kappa shape index (κ2) is 5.70. The summed E-state index contributed by atoms with van der Waals surface area (Å²) in [6.07, 6.45) is 2.97. The zero-order valence-electron chi connectivity index (χ0n) is 11.8. The van der Waals surface area contributed by atoms with Crippen LogP contribution in [-0.4, -0.2) is 38.2 Å². The average molecular weight is 310 g/mol. The smallest absolute Gasteiger partial charge is 0.258 e. The molecule has 1 aliphatic heterocycles. The number of hydrogen-bond acceptors (Lipinski definition) is 6. The molecule has 7 nitrogen and oxygen atoms in total. The monoisotopic (exact) mass is 310 g/mol. The molecule has 8 heteroatoms. The third kappa shape index (κ3) is 2.92. The van der Waals surface area contributed by atoms with Gasteiger partial charge >= 0.3 is 0 Å². The van der Waals surface area contributed by atoms with E-state index in [9.17, 15) is 8.42 Å². The van der Waals surface area contributed by atoms with Crippen molar-refractivity contribution >= 4 is 21.1 Å². The Bertz CT molecular complexity index is 735. The van der Waals surface area contributed by atoms with Gasteiger partial charge in [-0.05, 0) is 37.9 Å². The maximum absolute atomic E-state index is 12.3. The Morgan fingerprint density at radius 1 is 1.52 bits per heavy atom. The second-order valence-electron chi connectivity index (χ2n) is 5.22. The topological polar surface area (TPSA) is 97.1 Å². The lowest BCUT2D eigenvalue weighted by molar-refractivity contribution is 0.439. The van der Waals surface area contributed by atoms with Crippen LogP contribution in [0.4, 0.5) is 0 Å². The molecule has 1 aliphatic rings. The predicted octanol–water partition coefficient (Wildman–Crippen LogP) is 0.673. The van der Waals surface area contributed by atoms with Crippen molar-refractivity contribution in [1.29, 1.82) is 0 Å². The van der Waals surface area contributed by atoms with Gasteiger partial charge in [-0.15, -0.1) is 0 Å². The molecular formula is C13H18N4O3S. The van der Waals surface area contributed by atoms with Gasteiger partial charge in [0.2, 0.25) is 10.0 Å². The molecule has 0 aromatic carbocycles. The van der Waals surface area contributed by atoms with Crippen LogP contribution < -0.4 is 10.0 Å². The van der Waals surface area contributed by atoms with E-state index in [4.69, 9.17) is 4.52 Å². The lowest BCUT2D eigenvalue weighted by Crippen LogP contribution is -2.30. The van der Waals surface area contributed by atoms with E-state index in [1.165, 1.54) is 6.20 Å². The van der Waals surface area contributed by atoms with Crippen LogP contribution in [0.15, 0.2) is 21.7 Å². The largest absolute Gasteiger partial charge is 0.336 e. The van der Waals surface area contributed by atoms with Gasteiger partial charge < -0.3 is 9.84 Å². The SMILES string of the molecule is CCc1noc2ncc(S(=O)(=O)NCC3CCNC3)cc12. The van der Waals surface area contributed by atoms with Crippen molar-refractivity contribution < 1.29 is 12.9 Å². The fourth-order valence-corrected chi connectivity index (χ4v) is 3.55. The third-order valence-corrected chi connectivity index (χ3v) is 5.14. The van der Waals surface area contributed by atoms with Crippen molar-refractivity contribution in [1.82, 2.24) is 20.2 Å². The van der Waals surface area contributed by atoms with E-state index in [1.807, 2.05) is 6.92 Å². The van der Waals surface area contributed by atoms with Crippen LogP contribution in [0.25, 0.3) is 11.1 Å². The molecule has 1 saturated heterocycles.